The van der Waals surface area contributed by atoms with E-state index in [2.05, 4.69) is 36.7 Å². The van der Waals surface area contributed by atoms with Crippen LogP contribution in [0.25, 0.3) is 0 Å². The van der Waals surface area contributed by atoms with Crippen LogP contribution in [-0.2, 0) is 10.2 Å². The molecule has 7 nitrogen and oxygen atoms in total. The maximum atomic E-state index is 12.4. The van der Waals surface area contributed by atoms with Crippen molar-refractivity contribution in [3.05, 3.63) is 65.7 Å². The first-order valence-electron chi connectivity index (χ1n) is 11.5. The first-order valence-corrected chi connectivity index (χ1v) is 11.5. The van der Waals surface area contributed by atoms with Crippen LogP contribution < -0.4 is 16.0 Å². The lowest BCUT2D eigenvalue weighted by Gasteiger charge is -2.32. The average molecular weight is 451 g/mol. The lowest BCUT2D eigenvalue weighted by atomic mass is 9.87. The molecule has 3 N–H and O–H groups in total. The number of para-hydroxylation sites is 1. The monoisotopic (exact) mass is 450 g/mol. The largest absolute Gasteiger partial charge is 0.353 e. The Hall–Kier alpha value is -3.35. The molecule has 176 valence electrons. The summed E-state index contributed by atoms with van der Waals surface area (Å²) in [7, 11) is 0. The van der Waals surface area contributed by atoms with Crippen LogP contribution in [-0.4, -0.2) is 48.4 Å². The molecule has 0 spiro atoms. The lowest BCUT2D eigenvalue weighted by Crippen LogP contribution is -2.48. The molecule has 0 saturated carbocycles. The van der Waals surface area contributed by atoms with Gasteiger partial charge in [0.05, 0.1) is 0 Å². The molecule has 1 heterocycles. The molecule has 0 atom stereocenters. The number of amides is 4. The van der Waals surface area contributed by atoms with Gasteiger partial charge in [0.2, 0.25) is 5.91 Å². The van der Waals surface area contributed by atoms with E-state index in [1.165, 1.54) is 5.56 Å². The molecule has 3 rings (SSSR count). The second kappa shape index (κ2) is 11.0. The van der Waals surface area contributed by atoms with Gasteiger partial charge in [-0.15, -0.1) is 0 Å². The van der Waals surface area contributed by atoms with Crippen LogP contribution in [0.2, 0.25) is 0 Å². The van der Waals surface area contributed by atoms with Crippen LogP contribution in [0.15, 0.2) is 54.6 Å². The van der Waals surface area contributed by atoms with Gasteiger partial charge in [-0.3, -0.25) is 9.59 Å². The van der Waals surface area contributed by atoms with E-state index in [0.717, 1.165) is 5.69 Å². The molecule has 0 radical (unpaired) electrons. The Kier molecular flexibility index (Phi) is 8.09. The summed E-state index contributed by atoms with van der Waals surface area (Å²) in [6.45, 7) is 7.85. The van der Waals surface area contributed by atoms with Gasteiger partial charge in [0.25, 0.3) is 5.91 Å². The molecule has 1 fully saturated rings. The Labute approximate surface area is 195 Å². The number of hydrogen-bond acceptors (Lipinski definition) is 3. The standard InChI is InChI=1S/C26H34N4O3/c1-26(2,3)20-11-9-19(10-12-20)24(32)27-16-13-23(31)28-22-14-17-30(18-15-22)25(33)29-21-7-5-4-6-8-21/h4-12,22H,13-18H2,1-3H3,(H,27,32)(H,28,31)(H,29,33). The molecule has 0 aromatic heterocycles. The molecule has 33 heavy (non-hydrogen) atoms. The first kappa shape index (κ1) is 24.3. The Bertz CT molecular complexity index is 944. The third-order valence-corrected chi connectivity index (χ3v) is 5.82. The summed E-state index contributed by atoms with van der Waals surface area (Å²) in [6, 6.07) is 16.8. The Morgan fingerprint density at radius 2 is 1.58 bits per heavy atom. The number of carbonyl (C=O) groups excluding carboxylic acids is 3. The van der Waals surface area contributed by atoms with E-state index in [4.69, 9.17) is 0 Å². The van der Waals surface area contributed by atoms with E-state index in [1.54, 1.807) is 4.90 Å². The number of piperidine rings is 1. The van der Waals surface area contributed by atoms with E-state index >= 15 is 0 Å². The van der Waals surface area contributed by atoms with Crippen molar-refractivity contribution in [1.82, 2.24) is 15.5 Å². The summed E-state index contributed by atoms with van der Waals surface area (Å²) in [5.74, 6) is -0.272. The van der Waals surface area contributed by atoms with Gasteiger partial charge in [-0.05, 0) is 48.1 Å². The zero-order valence-corrected chi connectivity index (χ0v) is 19.7. The number of likely N-dealkylation sites (tertiary alicyclic amines) is 1. The normalized spacial score (nSPS) is 14.5. The molecule has 0 aliphatic carbocycles. The summed E-state index contributed by atoms with van der Waals surface area (Å²) < 4.78 is 0. The predicted octanol–water partition coefficient (Wildman–Crippen LogP) is 3.92. The Balaban J connectivity index is 1.34. The Morgan fingerprint density at radius 3 is 2.18 bits per heavy atom. The fourth-order valence-corrected chi connectivity index (χ4v) is 3.76. The average Bonchev–Trinajstić information content (AvgIpc) is 2.79. The van der Waals surface area contributed by atoms with Gasteiger partial charge >= 0.3 is 6.03 Å². The van der Waals surface area contributed by atoms with Gasteiger partial charge in [-0.2, -0.15) is 0 Å². The zero-order valence-electron chi connectivity index (χ0n) is 19.7. The van der Waals surface area contributed by atoms with Gasteiger partial charge in [0.15, 0.2) is 0 Å². The minimum absolute atomic E-state index is 0.0366. The van der Waals surface area contributed by atoms with E-state index in [9.17, 15) is 14.4 Å². The van der Waals surface area contributed by atoms with Gasteiger partial charge in [0, 0.05) is 43.3 Å². The van der Waals surface area contributed by atoms with Crippen molar-refractivity contribution in [3.63, 3.8) is 0 Å². The first-order chi connectivity index (χ1) is 15.7. The van der Waals surface area contributed by atoms with Crippen molar-refractivity contribution in [3.8, 4) is 0 Å². The van der Waals surface area contributed by atoms with Gasteiger partial charge in [0.1, 0.15) is 0 Å². The van der Waals surface area contributed by atoms with Gasteiger partial charge in [-0.1, -0.05) is 51.1 Å². The summed E-state index contributed by atoms with van der Waals surface area (Å²) in [6.07, 6.45) is 1.64. The smallest absolute Gasteiger partial charge is 0.321 e. The molecular formula is C26H34N4O3. The van der Waals surface area contributed by atoms with Crippen molar-refractivity contribution < 1.29 is 14.4 Å². The molecule has 1 aliphatic heterocycles. The fraction of sp³-hybridized carbons (Fsp3) is 0.423. The maximum absolute atomic E-state index is 12.4. The number of rotatable bonds is 6. The van der Waals surface area contributed by atoms with Crippen LogP contribution >= 0.6 is 0 Å². The molecule has 0 bridgehead atoms. The van der Waals surface area contributed by atoms with E-state index in [0.29, 0.717) is 31.5 Å². The minimum atomic E-state index is -0.180. The van der Waals surface area contributed by atoms with Crippen molar-refractivity contribution in [2.24, 2.45) is 0 Å². The molecule has 1 saturated heterocycles. The second-order valence-electron chi connectivity index (χ2n) is 9.46. The van der Waals surface area contributed by atoms with Crippen molar-refractivity contribution in [1.29, 1.82) is 0 Å². The quantitative estimate of drug-likeness (QED) is 0.623. The van der Waals surface area contributed by atoms with Crippen LogP contribution in [0.4, 0.5) is 10.5 Å². The SMILES string of the molecule is CC(C)(C)c1ccc(C(=O)NCCC(=O)NC2CCN(C(=O)Nc3ccccc3)CC2)cc1. The predicted molar refractivity (Wildman–Crippen MR) is 130 cm³/mol. The van der Waals surface area contributed by atoms with Crippen molar-refractivity contribution in [2.75, 3.05) is 25.0 Å². The topological polar surface area (TPSA) is 90.5 Å². The van der Waals surface area contributed by atoms with E-state index in [-0.39, 0.29) is 42.3 Å². The number of benzene rings is 2. The molecular weight excluding hydrogens is 416 g/mol. The maximum Gasteiger partial charge on any atom is 0.321 e. The van der Waals surface area contributed by atoms with Crippen molar-refractivity contribution in [2.45, 2.75) is 51.5 Å². The van der Waals surface area contributed by atoms with E-state index in [1.807, 2.05) is 54.6 Å². The molecule has 4 amide bonds. The molecule has 7 heteroatoms. The fourth-order valence-electron chi connectivity index (χ4n) is 3.76. The van der Waals surface area contributed by atoms with E-state index < -0.39 is 0 Å². The molecule has 2 aromatic rings. The highest BCUT2D eigenvalue weighted by Crippen LogP contribution is 2.22. The summed E-state index contributed by atoms with van der Waals surface area (Å²) >= 11 is 0. The highest BCUT2D eigenvalue weighted by atomic mass is 16.2. The van der Waals surface area contributed by atoms with Crippen LogP contribution in [0.5, 0.6) is 0 Å². The number of anilines is 1. The number of carbonyl (C=O) groups is 3. The number of nitrogens with one attached hydrogen (secondary N) is 3. The van der Waals surface area contributed by atoms with Crippen molar-refractivity contribution >= 4 is 23.5 Å². The zero-order chi connectivity index (χ0) is 23.8. The number of hydrogen-bond donors (Lipinski definition) is 3. The highest BCUT2D eigenvalue weighted by Gasteiger charge is 2.24. The summed E-state index contributed by atoms with van der Waals surface area (Å²) in [4.78, 5) is 38.7. The summed E-state index contributed by atoms with van der Waals surface area (Å²) in [5.41, 5.74) is 2.56. The molecule has 1 aliphatic rings. The minimum Gasteiger partial charge on any atom is -0.353 e. The van der Waals surface area contributed by atoms with Gasteiger partial charge in [-0.25, -0.2) is 4.79 Å². The number of urea groups is 1. The second-order valence-corrected chi connectivity index (χ2v) is 9.46. The molecule has 0 unspecified atom stereocenters. The Morgan fingerprint density at radius 1 is 0.939 bits per heavy atom. The molecule has 2 aromatic carbocycles. The van der Waals surface area contributed by atoms with Crippen LogP contribution in [0, 0.1) is 0 Å². The summed E-state index contributed by atoms with van der Waals surface area (Å²) in [5, 5.41) is 8.72. The lowest BCUT2D eigenvalue weighted by molar-refractivity contribution is -0.121. The third-order valence-electron chi connectivity index (χ3n) is 5.82. The van der Waals surface area contributed by atoms with Gasteiger partial charge < -0.3 is 20.9 Å². The highest BCUT2D eigenvalue weighted by molar-refractivity contribution is 5.94. The van der Waals surface area contributed by atoms with Crippen LogP contribution in [0.1, 0.15) is 56.0 Å². The van der Waals surface area contributed by atoms with Crippen LogP contribution in [0.3, 0.4) is 0 Å². The third kappa shape index (κ3) is 7.34. The number of nitrogens with zero attached hydrogens (tertiary/aromatic N) is 1.